The van der Waals surface area contributed by atoms with Crippen LogP contribution in [0.3, 0.4) is 0 Å². The third-order valence-electron chi connectivity index (χ3n) is 2.93. The molecule has 2 aromatic rings. The summed E-state index contributed by atoms with van der Waals surface area (Å²) in [6.07, 6.45) is 0. The van der Waals surface area contributed by atoms with Gasteiger partial charge in [0.2, 0.25) is 0 Å². The lowest BCUT2D eigenvalue weighted by Crippen LogP contribution is -2.08. The van der Waals surface area contributed by atoms with Crippen LogP contribution in [0, 0.1) is 0 Å². The van der Waals surface area contributed by atoms with Crippen LogP contribution in [0.25, 0.3) is 11.4 Å². The molecule has 0 spiro atoms. The molecule has 0 aliphatic carbocycles. The minimum Gasteiger partial charge on any atom is -0.378 e. The fraction of sp³-hybridized carbons (Fsp3) is 0.308. The SMILES string of the molecule is CN(C)c1ccc(-c2nc(CN)c(Br)n2C)cc1. The second-order valence-corrected chi connectivity index (χ2v) is 5.13. The van der Waals surface area contributed by atoms with Crippen molar-refractivity contribution in [3.63, 3.8) is 0 Å². The summed E-state index contributed by atoms with van der Waals surface area (Å²) in [4.78, 5) is 6.62. The number of hydrogen-bond acceptors (Lipinski definition) is 3. The molecule has 1 aromatic carbocycles. The molecule has 0 saturated heterocycles. The van der Waals surface area contributed by atoms with E-state index in [1.54, 1.807) is 0 Å². The number of nitrogens with zero attached hydrogens (tertiary/aromatic N) is 3. The normalized spacial score (nSPS) is 10.7. The van der Waals surface area contributed by atoms with Gasteiger partial charge < -0.3 is 15.2 Å². The number of benzene rings is 1. The first kappa shape index (κ1) is 13.1. The van der Waals surface area contributed by atoms with E-state index in [0.717, 1.165) is 21.7 Å². The van der Waals surface area contributed by atoms with Crippen molar-refractivity contribution in [1.82, 2.24) is 9.55 Å². The van der Waals surface area contributed by atoms with E-state index in [2.05, 4.69) is 50.1 Å². The van der Waals surface area contributed by atoms with Crippen LogP contribution in [-0.4, -0.2) is 23.6 Å². The van der Waals surface area contributed by atoms with Crippen LogP contribution in [-0.2, 0) is 13.6 Å². The third kappa shape index (κ3) is 2.28. The first-order valence-corrected chi connectivity index (χ1v) is 6.52. The largest absolute Gasteiger partial charge is 0.378 e. The van der Waals surface area contributed by atoms with E-state index >= 15 is 0 Å². The van der Waals surface area contributed by atoms with Crippen molar-refractivity contribution >= 4 is 21.6 Å². The van der Waals surface area contributed by atoms with Crippen molar-refractivity contribution in [2.24, 2.45) is 12.8 Å². The van der Waals surface area contributed by atoms with E-state index < -0.39 is 0 Å². The summed E-state index contributed by atoms with van der Waals surface area (Å²) < 4.78 is 2.95. The van der Waals surface area contributed by atoms with Gasteiger partial charge in [0, 0.05) is 38.9 Å². The summed E-state index contributed by atoms with van der Waals surface area (Å²) in [6, 6.07) is 8.31. The number of imidazole rings is 1. The smallest absolute Gasteiger partial charge is 0.140 e. The Labute approximate surface area is 116 Å². The van der Waals surface area contributed by atoms with Crippen molar-refractivity contribution in [2.75, 3.05) is 19.0 Å². The Hall–Kier alpha value is -1.33. The molecule has 1 heterocycles. The molecule has 0 amide bonds. The van der Waals surface area contributed by atoms with Crippen LogP contribution in [0.5, 0.6) is 0 Å². The molecule has 0 fully saturated rings. The number of rotatable bonds is 3. The van der Waals surface area contributed by atoms with Gasteiger partial charge in [0.15, 0.2) is 0 Å². The summed E-state index contributed by atoms with van der Waals surface area (Å²) in [6.45, 7) is 0.435. The molecule has 5 heteroatoms. The number of aromatic nitrogens is 2. The van der Waals surface area contributed by atoms with Gasteiger partial charge in [-0.2, -0.15) is 0 Å². The van der Waals surface area contributed by atoms with E-state index in [0.29, 0.717) is 6.54 Å². The lowest BCUT2D eigenvalue weighted by molar-refractivity contribution is 0.893. The van der Waals surface area contributed by atoms with Crippen molar-refractivity contribution in [2.45, 2.75) is 6.54 Å². The molecule has 0 aliphatic heterocycles. The highest BCUT2D eigenvalue weighted by Gasteiger charge is 2.12. The summed E-state index contributed by atoms with van der Waals surface area (Å²) in [5.41, 5.74) is 8.80. The number of anilines is 1. The number of halogens is 1. The third-order valence-corrected chi connectivity index (χ3v) is 3.92. The average Bonchev–Trinajstić information content (AvgIpc) is 2.66. The van der Waals surface area contributed by atoms with Gasteiger partial charge in [0.05, 0.1) is 5.69 Å². The van der Waals surface area contributed by atoms with Gasteiger partial charge in [-0.25, -0.2) is 4.98 Å². The minimum absolute atomic E-state index is 0.435. The average molecular weight is 309 g/mol. The minimum atomic E-state index is 0.435. The van der Waals surface area contributed by atoms with E-state index in [4.69, 9.17) is 5.73 Å². The van der Waals surface area contributed by atoms with Gasteiger partial charge in [-0.05, 0) is 40.2 Å². The maximum Gasteiger partial charge on any atom is 0.140 e. The second-order valence-electron chi connectivity index (χ2n) is 4.38. The van der Waals surface area contributed by atoms with Gasteiger partial charge in [-0.15, -0.1) is 0 Å². The molecule has 1 aromatic heterocycles. The Balaban J connectivity index is 2.42. The highest BCUT2D eigenvalue weighted by atomic mass is 79.9. The van der Waals surface area contributed by atoms with E-state index in [9.17, 15) is 0 Å². The maximum absolute atomic E-state index is 5.66. The standard InChI is InChI=1S/C13H17BrN4/c1-17(2)10-6-4-9(5-7-10)13-16-11(8-15)12(14)18(13)3/h4-7H,8,15H2,1-3H3. The molecule has 0 bridgehead atoms. The van der Waals surface area contributed by atoms with Crippen LogP contribution < -0.4 is 10.6 Å². The predicted molar refractivity (Wildman–Crippen MR) is 78.6 cm³/mol. The Kier molecular flexibility index (Phi) is 3.73. The molecule has 4 nitrogen and oxygen atoms in total. The fourth-order valence-electron chi connectivity index (χ4n) is 1.83. The summed E-state index contributed by atoms with van der Waals surface area (Å²) in [5.74, 6) is 0.924. The highest BCUT2D eigenvalue weighted by Crippen LogP contribution is 2.26. The van der Waals surface area contributed by atoms with Crippen LogP contribution in [0.15, 0.2) is 28.9 Å². The zero-order chi connectivity index (χ0) is 13.3. The van der Waals surface area contributed by atoms with Gasteiger partial charge in [-0.1, -0.05) is 0 Å². The summed E-state index contributed by atoms with van der Waals surface area (Å²) in [7, 11) is 6.03. The van der Waals surface area contributed by atoms with Crippen LogP contribution >= 0.6 is 15.9 Å². The summed E-state index contributed by atoms with van der Waals surface area (Å²) in [5, 5.41) is 0. The van der Waals surface area contributed by atoms with Crippen LogP contribution in [0.4, 0.5) is 5.69 Å². The molecule has 96 valence electrons. The first-order valence-electron chi connectivity index (χ1n) is 5.73. The van der Waals surface area contributed by atoms with Gasteiger partial charge >= 0.3 is 0 Å². The van der Waals surface area contributed by atoms with E-state index in [1.807, 2.05) is 25.7 Å². The van der Waals surface area contributed by atoms with Crippen molar-refractivity contribution in [3.8, 4) is 11.4 Å². The molecule has 0 radical (unpaired) electrons. The van der Waals surface area contributed by atoms with Crippen LogP contribution in [0.1, 0.15) is 5.69 Å². The molecule has 2 N–H and O–H groups in total. The Bertz CT molecular complexity index is 543. The van der Waals surface area contributed by atoms with Gasteiger partial charge in [0.25, 0.3) is 0 Å². The Morgan fingerprint density at radius 2 is 1.89 bits per heavy atom. The van der Waals surface area contributed by atoms with E-state index in [-0.39, 0.29) is 0 Å². The lowest BCUT2D eigenvalue weighted by Gasteiger charge is -2.12. The van der Waals surface area contributed by atoms with Crippen molar-refractivity contribution in [3.05, 3.63) is 34.6 Å². The van der Waals surface area contributed by atoms with Crippen molar-refractivity contribution in [1.29, 1.82) is 0 Å². The van der Waals surface area contributed by atoms with Gasteiger partial charge in [-0.3, -0.25) is 0 Å². The predicted octanol–water partition coefficient (Wildman–Crippen LogP) is 2.37. The molecule has 0 atom stereocenters. The fourth-order valence-corrected chi connectivity index (χ4v) is 2.25. The summed E-state index contributed by atoms with van der Waals surface area (Å²) >= 11 is 3.51. The Morgan fingerprint density at radius 1 is 1.28 bits per heavy atom. The Morgan fingerprint density at radius 3 is 2.33 bits per heavy atom. The molecule has 18 heavy (non-hydrogen) atoms. The molecule has 0 saturated carbocycles. The topological polar surface area (TPSA) is 47.1 Å². The number of hydrogen-bond donors (Lipinski definition) is 1. The lowest BCUT2D eigenvalue weighted by atomic mass is 10.2. The van der Waals surface area contributed by atoms with E-state index in [1.165, 1.54) is 5.69 Å². The highest BCUT2D eigenvalue weighted by molar-refractivity contribution is 9.10. The van der Waals surface area contributed by atoms with Crippen LogP contribution in [0.2, 0.25) is 0 Å². The van der Waals surface area contributed by atoms with Gasteiger partial charge in [0.1, 0.15) is 10.4 Å². The number of nitrogens with two attached hydrogens (primary N) is 1. The molecular formula is C13H17BrN4. The monoisotopic (exact) mass is 308 g/mol. The first-order chi connectivity index (χ1) is 8.54. The second kappa shape index (κ2) is 5.12. The van der Waals surface area contributed by atoms with Crippen molar-refractivity contribution < 1.29 is 0 Å². The zero-order valence-corrected chi connectivity index (χ0v) is 12.4. The quantitative estimate of drug-likeness (QED) is 0.947. The molecule has 2 rings (SSSR count). The molecule has 0 unspecified atom stereocenters. The zero-order valence-electron chi connectivity index (χ0n) is 10.8. The molecule has 0 aliphatic rings. The molecular weight excluding hydrogens is 292 g/mol. The maximum atomic E-state index is 5.66.